The summed E-state index contributed by atoms with van der Waals surface area (Å²) in [4.78, 5) is 33.2. The number of nitrogens with one attached hydrogen (secondary N) is 1. The van der Waals surface area contributed by atoms with Crippen LogP contribution in [0.5, 0.6) is 0 Å². The van der Waals surface area contributed by atoms with Crippen LogP contribution in [0.15, 0.2) is 32.9 Å². The van der Waals surface area contributed by atoms with Crippen molar-refractivity contribution in [3.8, 4) is 0 Å². The number of thiophene rings is 1. The predicted molar refractivity (Wildman–Crippen MR) is 137 cm³/mol. The molecule has 0 bridgehead atoms. The van der Waals surface area contributed by atoms with Crippen molar-refractivity contribution in [3.05, 3.63) is 46.6 Å². The third-order valence-corrected chi connectivity index (χ3v) is 10.2. The molecule has 1 fully saturated rings. The topological polar surface area (TPSA) is 136 Å². The number of rotatable bonds is 5. The van der Waals surface area contributed by atoms with E-state index in [2.05, 4.69) is 10.3 Å². The number of benzene rings is 1. The third-order valence-electron chi connectivity index (χ3n) is 6.52. The second-order valence-electron chi connectivity index (χ2n) is 9.25. The number of carbonyl (C=O) groups is 2. The summed E-state index contributed by atoms with van der Waals surface area (Å²) < 4.78 is 35.0. The zero-order valence-electron chi connectivity index (χ0n) is 20.2. The molecule has 2 amide bonds. The fourth-order valence-corrected chi connectivity index (χ4v) is 7.77. The van der Waals surface area contributed by atoms with Crippen molar-refractivity contribution < 1.29 is 27.5 Å². The minimum atomic E-state index is -3.88. The van der Waals surface area contributed by atoms with E-state index in [1.165, 1.54) is 14.1 Å². The van der Waals surface area contributed by atoms with Gasteiger partial charge in [0.15, 0.2) is 0 Å². The molecular formula is C23H26ClN5O6S2. The molecule has 0 aliphatic carbocycles. The number of amides is 2. The summed E-state index contributed by atoms with van der Waals surface area (Å²) in [5.41, 5.74) is 0.501. The molecule has 11 nitrogen and oxygen atoms in total. The lowest BCUT2D eigenvalue weighted by molar-refractivity contribution is -0.130. The molecule has 2 unspecified atom stereocenters. The van der Waals surface area contributed by atoms with E-state index in [-0.39, 0.29) is 55.0 Å². The molecule has 37 heavy (non-hydrogen) atoms. The minimum absolute atomic E-state index is 0.0520. The van der Waals surface area contributed by atoms with Gasteiger partial charge in [0.05, 0.1) is 18.3 Å². The fourth-order valence-electron chi connectivity index (χ4n) is 4.47. The number of aliphatic hydroxyl groups is 1. The number of aromatic nitrogens is 1. The maximum atomic E-state index is 13.6. The summed E-state index contributed by atoms with van der Waals surface area (Å²) in [5.74, 6) is -0.423. The van der Waals surface area contributed by atoms with Gasteiger partial charge in [-0.15, -0.1) is 11.3 Å². The van der Waals surface area contributed by atoms with Crippen molar-refractivity contribution in [1.82, 2.24) is 24.4 Å². The van der Waals surface area contributed by atoms with Gasteiger partial charge in [-0.3, -0.25) is 14.9 Å². The van der Waals surface area contributed by atoms with Crippen LogP contribution in [-0.4, -0.2) is 90.4 Å². The second kappa shape index (κ2) is 9.97. The third kappa shape index (κ3) is 5.11. The van der Waals surface area contributed by atoms with Gasteiger partial charge in [0.2, 0.25) is 5.91 Å². The lowest BCUT2D eigenvalue weighted by Gasteiger charge is -2.40. The Morgan fingerprint density at radius 2 is 2.08 bits per heavy atom. The first-order valence-corrected chi connectivity index (χ1v) is 14.3. The number of oxazole rings is 1. The Hall–Kier alpha value is -2.55. The molecule has 198 valence electrons. The first-order valence-electron chi connectivity index (χ1n) is 11.6. The number of fused-ring (bicyclic) bond motifs is 2. The van der Waals surface area contributed by atoms with E-state index in [9.17, 15) is 23.1 Å². The van der Waals surface area contributed by atoms with Gasteiger partial charge in [0, 0.05) is 56.3 Å². The number of sulfonamides is 1. The largest absolute Gasteiger partial charge is 0.436 e. The highest BCUT2D eigenvalue weighted by molar-refractivity contribution is 7.91. The second-order valence-corrected chi connectivity index (χ2v) is 12.9. The van der Waals surface area contributed by atoms with Gasteiger partial charge < -0.3 is 19.3 Å². The molecule has 0 spiro atoms. The number of nitrogens with zero attached hydrogens (tertiary/aromatic N) is 4. The van der Waals surface area contributed by atoms with Gasteiger partial charge >= 0.3 is 5.91 Å². The van der Waals surface area contributed by atoms with Crippen LogP contribution in [0.25, 0.3) is 10.1 Å². The van der Waals surface area contributed by atoms with Crippen molar-refractivity contribution in [2.45, 2.75) is 35.9 Å². The van der Waals surface area contributed by atoms with Gasteiger partial charge in [-0.05, 0) is 23.6 Å². The lowest BCUT2D eigenvalue weighted by atomic mass is 10.1. The molecule has 1 saturated heterocycles. The van der Waals surface area contributed by atoms with Gasteiger partial charge in [-0.1, -0.05) is 17.7 Å². The maximum Gasteiger partial charge on any atom is 0.310 e. The SMILES string of the molecule is CN(C)C(=O)CC1CN(S(=O)(=O)c2cc3ccc(Cl)cc3s2)CCN1C(=O)c1nc2c(o1)CNC(O)C2. The Morgan fingerprint density at radius 3 is 2.84 bits per heavy atom. The quantitative estimate of drug-likeness (QED) is 0.473. The van der Waals surface area contributed by atoms with Crippen molar-refractivity contribution in [1.29, 1.82) is 0 Å². The smallest absolute Gasteiger partial charge is 0.310 e. The Labute approximate surface area is 222 Å². The number of hydrogen-bond acceptors (Lipinski definition) is 9. The lowest BCUT2D eigenvalue weighted by Crippen LogP contribution is -2.57. The summed E-state index contributed by atoms with van der Waals surface area (Å²) >= 11 is 7.20. The fraction of sp³-hybridized carbons (Fsp3) is 0.435. The van der Waals surface area contributed by atoms with Crippen LogP contribution < -0.4 is 5.32 Å². The van der Waals surface area contributed by atoms with E-state index in [0.29, 0.717) is 16.5 Å². The van der Waals surface area contributed by atoms with E-state index in [1.807, 2.05) is 0 Å². The molecule has 3 aromatic rings. The van der Waals surface area contributed by atoms with E-state index in [4.69, 9.17) is 16.0 Å². The first-order chi connectivity index (χ1) is 17.5. The zero-order valence-corrected chi connectivity index (χ0v) is 22.6. The highest BCUT2D eigenvalue weighted by Gasteiger charge is 2.40. The number of aliphatic hydroxyl groups excluding tert-OH is 1. The van der Waals surface area contributed by atoms with Crippen molar-refractivity contribution in [2.75, 3.05) is 33.7 Å². The van der Waals surface area contributed by atoms with Crippen molar-refractivity contribution in [2.24, 2.45) is 0 Å². The van der Waals surface area contributed by atoms with Crippen LogP contribution in [0.2, 0.25) is 5.02 Å². The monoisotopic (exact) mass is 567 g/mol. The molecule has 2 aromatic heterocycles. The van der Waals surface area contributed by atoms with Crippen LogP contribution in [-0.2, 0) is 27.8 Å². The Morgan fingerprint density at radius 1 is 1.30 bits per heavy atom. The Balaban J connectivity index is 1.41. The molecule has 2 aliphatic heterocycles. The maximum absolute atomic E-state index is 13.6. The number of carbonyl (C=O) groups excluding carboxylic acids is 2. The molecule has 2 N–H and O–H groups in total. The highest BCUT2D eigenvalue weighted by Crippen LogP contribution is 2.34. The molecule has 2 aliphatic rings. The Bertz CT molecular complexity index is 1470. The van der Waals surface area contributed by atoms with Crippen LogP contribution in [0.4, 0.5) is 0 Å². The normalized spacial score (nSPS) is 20.7. The van der Waals surface area contributed by atoms with E-state index in [0.717, 1.165) is 21.4 Å². The number of halogens is 1. The van der Waals surface area contributed by atoms with Crippen LogP contribution >= 0.6 is 22.9 Å². The standard InChI is InChI=1S/C23H26ClN5O6S2/c1-27(2)20(31)9-15-12-28(37(33,34)21-7-13-3-4-14(24)8-18(13)36-21)5-6-29(15)23(32)22-26-16-10-19(30)25-11-17(16)35-22/h3-4,7-8,15,19,25,30H,5-6,9-12H2,1-2H3. The molecule has 0 radical (unpaired) electrons. The van der Waals surface area contributed by atoms with Crippen LogP contribution in [0, 0.1) is 0 Å². The number of piperazine rings is 1. The Kier molecular flexibility index (Phi) is 7.02. The van der Waals surface area contributed by atoms with Gasteiger partial charge in [0.25, 0.3) is 15.9 Å². The van der Waals surface area contributed by atoms with Crippen molar-refractivity contribution >= 4 is 54.9 Å². The van der Waals surface area contributed by atoms with Gasteiger partial charge in [-0.2, -0.15) is 4.31 Å². The average Bonchev–Trinajstić information content (AvgIpc) is 3.47. The van der Waals surface area contributed by atoms with Crippen molar-refractivity contribution in [3.63, 3.8) is 0 Å². The van der Waals surface area contributed by atoms with E-state index < -0.39 is 28.2 Å². The predicted octanol–water partition coefficient (Wildman–Crippen LogP) is 1.50. The van der Waals surface area contributed by atoms with Gasteiger partial charge in [-0.25, -0.2) is 13.4 Å². The van der Waals surface area contributed by atoms with E-state index >= 15 is 0 Å². The highest BCUT2D eigenvalue weighted by atomic mass is 35.5. The molecule has 5 rings (SSSR count). The summed E-state index contributed by atoms with van der Waals surface area (Å²) in [7, 11) is -0.666. The van der Waals surface area contributed by atoms with Crippen LogP contribution in [0.1, 0.15) is 28.6 Å². The van der Waals surface area contributed by atoms with Gasteiger partial charge in [0.1, 0.15) is 16.2 Å². The summed E-state index contributed by atoms with van der Waals surface area (Å²) in [6.07, 6.45) is -0.626. The molecule has 2 atom stereocenters. The van der Waals surface area contributed by atoms with E-state index in [1.54, 1.807) is 38.4 Å². The summed E-state index contributed by atoms with van der Waals surface area (Å²) in [5, 5.41) is 13.9. The molecule has 14 heteroatoms. The summed E-state index contributed by atoms with van der Waals surface area (Å²) in [6, 6.07) is 6.09. The molecule has 4 heterocycles. The summed E-state index contributed by atoms with van der Waals surface area (Å²) in [6.45, 7) is 0.305. The average molecular weight is 568 g/mol. The number of hydrogen-bond donors (Lipinski definition) is 2. The minimum Gasteiger partial charge on any atom is -0.436 e. The molecule has 1 aromatic carbocycles. The molecule has 0 saturated carbocycles. The first kappa shape index (κ1) is 26.1. The zero-order chi connectivity index (χ0) is 26.5. The molecular weight excluding hydrogens is 542 g/mol. The van der Waals surface area contributed by atoms with Crippen LogP contribution in [0.3, 0.4) is 0 Å².